The third-order valence-corrected chi connectivity index (χ3v) is 5.75. The molecule has 6 heteroatoms. The van der Waals surface area contributed by atoms with Gasteiger partial charge in [0.25, 0.3) is 0 Å². The predicted octanol–water partition coefficient (Wildman–Crippen LogP) is 2.51. The molecule has 1 aromatic carbocycles. The number of hydrogen-bond acceptors (Lipinski definition) is 3. The van der Waals surface area contributed by atoms with Gasteiger partial charge in [-0.2, -0.15) is 9.57 Å². The molecule has 2 atom stereocenters. The second-order valence-corrected chi connectivity index (χ2v) is 7.24. The lowest BCUT2D eigenvalue weighted by Gasteiger charge is -2.35. The van der Waals surface area contributed by atoms with Gasteiger partial charge in [0.2, 0.25) is 10.0 Å². The standard InChI is InChI=1S/C14H17FN2O2S/c1-10-5-6-17(11(2)7-10)20(18,19)13-3-4-14(15)12(8-13)9-16/h3-4,8,10-11H,5-7H2,1-2H3. The maximum Gasteiger partial charge on any atom is 0.243 e. The average molecular weight is 296 g/mol. The van der Waals surface area contributed by atoms with Crippen LogP contribution in [-0.2, 0) is 10.0 Å². The predicted molar refractivity (Wildman–Crippen MR) is 72.9 cm³/mol. The molecule has 2 unspecified atom stereocenters. The topological polar surface area (TPSA) is 61.2 Å². The van der Waals surface area contributed by atoms with Gasteiger partial charge in [-0.3, -0.25) is 0 Å². The summed E-state index contributed by atoms with van der Waals surface area (Å²) < 4.78 is 39.9. The van der Waals surface area contributed by atoms with Crippen LogP contribution in [0.2, 0.25) is 0 Å². The molecule has 2 rings (SSSR count). The number of nitrogens with zero attached hydrogens (tertiary/aromatic N) is 2. The zero-order valence-electron chi connectivity index (χ0n) is 11.5. The van der Waals surface area contributed by atoms with E-state index in [0.29, 0.717) is 12.5 Å². The van der Waals surface area contributed by atoms with E-state index in [1.54, 1.807) is 6.07 Å². The maximum absolute atomic E-state index is 13.3. The number of benzene rings is 1. The second-order valence-electron chi connectivity index (χ2n) is 5.35. The Hall–Kier alpha value is -1.45. The smallest absolute Gasteiger partial charge is 0.207 e. The first kappa shape index (κ1) is 14.9. The minimum Gasteiger partial charge on any atom is -0.207 e. The number of hydrogen-bond donors (Lipinski definition) is 0. The molecule has 4 nitrogen and oxygen atoms in total. The molecule has 108 valence electrons. The van der Waals surface area contributed by atoms with Gasteiger partial charge < -0.3 is 0 Å². The third-order valence-electron chi connectivity index (χ3n) is 3.74. The number of piperidine rings is 1. The van der Waals surface area contributed by atoms with Crippen LogP contribution in [0, 0.1) is 23.1 Å². The van der Waals surface area contributed by atoms with Crippen LogP contribution in [0.15, 0.2) is 23.1 Å². The van der Waals surface area contributed by atoms with Crippen molar-refractivity contribution in [1.29, 1.82) is 5.26 Å². The number of halogens is 1. The molecule has 0 amide bonds. The highest BCUT2D eigenvalue weighted by molar-refractivity contribution is 7.89. The molecule has 0 bridgehead atoms. The van der Waals surface area contributed by atoms with Crippen molar-refractivity contribution in [2.45, 2.75) is 37.6 Å². The summed E-state index contributed by atoms with van der Waals surface area (Å²) in [5.41, 5.74) is -0.246. The van der Waals surface area contributed by atoms with Gasteiger partial charge >= 0.3 is 0 Å². The van der Waals surface area contributed by atoms with Gasteiger partial charge in [0.1, 0.15) is 11.9 Å². The van der Waals surface area contributed by atoms with E-state index in [4.69, 9.17) is 5.26 Å². The summed E-state index contributed by atoms with van der Waals surface area (Å²) in [5, 5.41) is 8.81. The van der Waals surface area contributed by atoms with E-state index in [-0.39, 0.29) is 16.5 Å². The van der Waals surface area contributed by atoms with Gasteiger partial charge in [0.15, 0.2) is 0 Å². The molecule has 0 aromatic heterocycles. The fraction of sp³-hybridized carbons (Fsp3) is 0.500. The van der Waals surface area contributed by atoms with Crippen LogP contribution in [0.4, 0.5) is 4.39 Å². The Morgan fingerprint density at radius 1 is 1.40 bits per heavy atom. The minimum absolute atomic E-state index is 0.0168. The van der Waals surface area contributed by atoms with Gasteiger partial charge in [0.05, 0.1) is 10.5 Å². The van der Waals surface area contributed by atoms with E-state index < -0.39 is 15.8 Å². The lowest BCUT2D eigenvalue weighted by atomic mass is 9.95. The molecule has 1 heterocycles. The molecule has 0 radical (unpaired) electrons. The summed E-state index contributed by atoms with van der Waals surface area (Å²) in [6.07, 6.45) is 1.63. The SMILES string of the molecule is CC1CCN(S(=O)(=O)c2ccc(F)c(C#N)c2)C(C)C1. The largest absolute Gasteiger partial charge is 0.243 e. The van der Waals surface area contributed by atoms with Crippen LogP contribution in [0.25, 0.3) is 0 Å². The molecule has 1 fully saturated rings. The van der Waals surface area contributed by atoms with E-state index in [2.05, 4.69) is 6.92 Å². The first-order chi connectivity index (χ1) is 9.36. The normalized spacial score (nSPS) is 24.3. The van der Waals surface area contributed by atoms with E-state index >= 15 is 0 Å². The van der Waals surface area contributed by atoms with E-state index in [1.165, 1.54) is 10.4 Å². The van der Waals surface area contributed by atoms with Crippen molar-refractivity contribution in [3.05, 3.63) is 29.6 Å². The maximum atomic E-state index is 13.3. The molecule has 1 aliphatic rings. The molecule has 0 spiro atoms. The zero-order chi connectivity index (χ0) is 14.9. The van der Waals surface area contributed by atoms with Crippen molar-refractivity contribution in [1.82, 2.24) is 4.31 Å². The summed E-state index contributed by atoms with van der Waals surface area (Å²) in [4.78, 5) is -0.0168. The highest BCUT2D eigenvalue weighted by atomic mass is 32.2. The van der Waals surface area contributed by atoms with Crippen molar-refractivity contribution in [3.63, 3.8) is 0 Å². The van der Waals surface area contributed by atoms with E-state index in [9.17, 15) is 12.8 Å². The molecular formula is C14H17FN2O2S. The molecule has 0 aliphatic carbocycles. The molecule has 1 aliphatic heterocycles. The Labute approximate surface area is 118 Å². The van der Waals surface area contributed by atoms with Crippen molar-refractivity contribution < 1.29 is 12.8 Å². The summed E-state index contributed by atoms with van der Waals surface area (Å²) in [6.45, 7) is 4.44. The summed E-state index contributed by atoms with van der Waals surface area (Å²) in [5.74, 6) is -0.203. The number of sulfonamides is 1. The first-order valence-corrected chi connectivity index (χ1v) is 8.01. The molecule has 20 heavy (non-hydrogen) atoms. The van der Waals surface area contributed by atoms with Crippen LogP contribution in [0.3, 0.4) is 0 Å². The van der Waals surface area contributed by atoms with Crippen molar-refractivity contribution in [3.8, 4) is 6.07 Å². The molecular weight excluding hydrogens is 279 g/mol. The van der Waals surface area contributed by atoms with Crippen LogP contribution >= 0.6 is 0 Å². The summed E-state index contributed by atoms with van der Waals surface area (Å²) >= 11 is 0. The summed E-state index contributed by atoms with van der Waals surface area (Å²) in [7, 11) is -3.67. The molecule has 1 aromatic rings. The molecule has 1 saturated heterocycles. The van der Waals surface area contributed by atoms with Crippen LogP contribution in [-0.4, -0.2) is 25.3 Å². The van der Waals surface area contributed by atoms with Crippen molar-refractivity contribution >= 4 is 10.0 Å². The minimum atomic E-state index is -3.67. The Kier molecular flexibility index (Phi) is 4.11. The van der Waals surface area contributed by atoms with Gasteiger partial charge in [-0.05, 0) is 43.9 Å². The lowest BCUT2D eigenvalue weighted by Crippen LogP contribution is -2.44. The first-order valence-electron chi connectivity index (χ1n) is 6.57. The van der Waals surface area contributed by atoms with E-state index in [1.807, 2.05) is 6.92 Å². The Bertz CT molecular complexity index is 652. The second kappa shape index (κ2) is 5.51. The Morgan fingerprint density at radius 2 is 2.10 bits per heavy atom. The van der Waals surface area contributed by atoms with Crippen LogP contribution in [0.5, 0.6) is 0 Å². The quantitative estimate of drug-likeness (QED) is 0.842. The van der Waals surface area contributed by atoms with Crippen LogP contribution in [0.1, 0.15) is 32.3 Å². The Balaban J connectivity index is 2.38. The average Bonchev–Trinajstić information content (AvgIpc) is 2.38. The van der Waals surface area contributed by atoms with Gasteiger partial charge in [-0.25, -0.2) is 12.8 Å². The summed E-state index contributed by atoms with van der Waals surface area (Å²) in [6, 6.07) is 4.94. The monoisotopic (exact) mass is 296 g/mol. The number of nitriles is 1. The van der Waals surface area contributed by atoms with Gasteiger partial charge in [-0.15, -0.1) is 0 Å². The zero-order valence-corrected chi connectivity index (χ0v) is 12.3. The highest BCUT2D eigenvalue weighted by Gasteiger charge is 2.33. The molecule has 0 N–H and O–H groups in total. The van der Waals surface area contributed by atoms with Crippen LogP contribution < -0.4 is 0 Å². The van der Waals surface area contributed by atoms with Crippen molar-refractivity contribution in [2.75, 3.05) is 6.54 Å². The van der Waals surface area contributed by atoms with Gasteiger partial charge in [0, 0.05) is 12.6 Å². The van der Waals surface area contributed by atoms with Crippen molar-refractivity contribution in [2.24, 2.45) is 5.92 Å². The number of rotatable bonds is 2. The lowest BCUT2D eigenvalue weighted by molar-refractivity contribution is 0.220. The fourth-order valence-corrected chi connectivity index (χ4v) is 4.31. The third kappa shape index (κ3) is 2.69. The van der Waals surface area contributed by atoms with E-state index in [0.717, 1.165) is 25.0 Å². The Morgan fingerprint density at radius 3 is 2.70 bits per heavy atom. The van der Waals surface area contributed by atoms with Gasteiger partial charge in [-0.1, -0.05) is 6.92 Å². The molecule has 0 saturated carbocycles. The highest BCUT2D eigenvalue weighted by Crippen LogP contribution is 2.28. The fourth-order valence-electron chi connectivity index (χ4n) is 2.63.